The molecule has 1 aromatic rings. The summed E-state index contributed by atoms with van der Waals surface area (Å²) >= 11 is 0. The van der Waals surface area contributed by atoms with Gasteiger partial charge in [0.15, 0.2) is 0 Å². The average Bonchev–Trinajstić information content (AvgIpc) is 2.74. The van der Waals surface area contributed by atoms with Gasteiger partial charge in [0, 0.05) is 31.9 Å². The van der Waals surface area contributed by atoms with Crippen molar-refractivity contribution < 1.29 is 4.74 Å². The molecule has 1 aromatic heterocycles. The summed E-state index contributed by atoms with van der Waals surface area (Å²) in [6, 6.07) is 0.248. The fourth-order valence-corrected chi connectivity index (χ4v) is 2.36. The number of morpholine rings is 1. The zero-order valence-electron chi connectivity index (χ0n) is 9.97. The van der Waals surface area contributed by atoms with Crippen LogP contribution in [0, 0.1) is 0 Å². The van der Waals surface area contributed by atoms with E-state index in [-0.39, 0.29) is 12.1 Å². The van der Waals surface area contributed by atoms with Gasteiger partial charge in [-0.05, 0) is 6.54 Å². The van der Waals surface area contributed by atoms with E-state index < -0.39 is 0 Å². The quantitative estimate of drug-likeness (QED) is 0.793. The first kappa shape index (κ1) is 11.6. The highest BCUT2D eigenvalue weighted by Crippen LogP contribution is 2.28. The van der Waals surface area contributed by atoms with Gasteiger partial charge in [0.1, 0.15) is 0 Å². The molecule has 1 aliphatic rings. The van der Waals surface area contributed by atoms with Crippen LogP contribution in [0.4, 0.5) is 0 Å². The van der Waals surface area contributed by atoms with Gasteiger partial charge in [-0.15, -0.1) is 0 Å². The van der Waals surface area contributed by atoms with E-state index >= 15 is 0 Å². The van der Waals surface area contributed by atoms with Crippen molar-refractivity contribution in [3.63, 3.8) is 0 Å². The summed E-state index contributed by atoms with van der Waals surface area (Å²) in [5.74, 6) is 0. The van der Waals surface area contributed by atoms with Gasteiger partial charge < -0.3 is 10.5 Å². The molecule has 16 heavy (non-hydrogen) atoms. The van der Waals surface area contributed by atoms with Crippen molar-refractivity contribution >= 4 is 0 Å². The van der Waals surface area contributed by atoms with Crippen LogP contribution in [0.15, 0.2) is 12.4 Å². The van der Waals surface area contributed by atoms with Gasteiger partial charge in [-0.1, -0.05) is 6.92 Å². The maximum absolute atomic E-state index is 5.78. The smallest absolute Gasteiger partial charge is 0.0895 e. The zero-order chi connectivity index (χ0) is 11.5. The Bertz CT molecular complexity index is 326. The lowest BCUT2D eigenvalue weighted by molar-refractivity contribution is -0.0658. The van der Waals surface area contributed by atoms with E-state index in [1.54, 1.807) is 0 Å². The Hall–Kier alpha value is -0.910. The molecule has 0 bridgehead atoms. The SMILES string of the molecule is CCN1CCOC(CN)C1c1cnn(C)c1. The van der Waals surface area contributed by atoms with Crippen LogP contribution >= 0.6 is 0 Å². The second-order valence-corrected chi connectivity index (χ2v) is 4.17. The molecule has 5 heteroatoms. The topological polar surface area (TPSA) is 56.3 Å². The molecule has 1 fully saturated rings. The first-order valence-electron chi connectivity index (χ1n) is 5.80. The van der Waals surface area contributed by atoms with Crippen LogP contribution in [0.5, 0.6) is 0 Å². The molecule has 0 aromatic carbocycles. The van der Waals surface area contributed by atoms with E-state index in [1.807, 2.05) is 24.1 Å². The Morgan fingerprint density at radius 2 is 2.44 bits per heavy atom. The van der Waals surface area contributed by atoms with Crippen molar-refractivity contribution in [1.82, 2.24) is 14.7 Å². The Morgan fingerprint density at radius 3 is 3.00 bits per heavy atom. The highest BCUT2D eigenvalue weighted by Gasteiger charge is 2.32. The molecule has 0 saturated carbocycles. The minimum atomic E-state index is 0.0814. The lowest BCUT2D eigenvalue weighted by Gasteiger charge is -2.39. The van der Waals surface area contributed by atoms with Crippen molar-refractivity contribution in [1.29, 1.82) is 0 Å². The molecule has 2 atom stereocenters. The summed E-state index contributed by atoms with van der Waals surface area (Å²) in [4.78, 5) is 2.40. The molecule has 1 saturated heterocycles. The number of nitrogens with zero attached hydrogens (tertiary/aromatic N) is 3. The van der Waals surface area contributed by atoms with Crippen LogP contribution < -0.4 is 5.73 Å². The van der Waals surface area contributed by atoms with E-state index in [2.05, 4.69) is 16.9 Å². The Balaban J connectivity index is 2.24. The zero-order valence-corrected chi connectivity index (χ0v) is 9.97. The summed E-state index contributed by atoms with van der Waals surface area (Å²) in [7, 11) is 1.93. The molecule has 0 spiro atoms. The van der Waals surface area contributed by atoms with E-state index in [9.17, 15) is 0 Å². The first-order valence-corrected chi connectivity index (χ1v) is 5.80. The number of nitrogens with two attached hydrogens (primary N) is 1. The van der Waals surface area contributed by atoms with Gasteiger partial charge >= 0.3 is 0 Å². The largest absolute Gasteiger partial charge is 0.374 e. The molecular weight excluding hydrogens is 204 g/mol. The standard InChI is InChI=1S/C11H20N4O/c1-3-15-4-5-16-10(6-12)11(15)9-7-13-14(2)8-9/h7-8,10-11H,3-6,12H2,1-2H3. The van der Waals surface area contributed by atoms with Gasteiger partial charge in [-0.3, -0.25) is 9.58 Å². The van der Waals surface area contributed by atoms with E-state index in [0.29, 0.717) is 6.54 Å². The fourth-order valence-electron chi connectivity index (χ4n) is 2.36. The van der Waals surface area contributed by atoms with Crippen molar-refractivity contribution in [2.24, 2.45) is 12.8 Å². The predicted octanol–water partition coefficient (Wildman–Crippen LogP) is 0.141. The predicted molar refractivity (Wildman–Crippen MR) is 62.0 cm³/mol. The van der Waals surface area contributed by atoms with Gasteiger partial charge in [-0.2, -0.15) is 5.10 Å². The lowest BCUT2D eigenvalue weighted by atomic mass is 10.0. The normalized spacial score (nSPS) is 27.2. The Morgan fingerprint density at radius 1 is 1.62 bits per heavy atom. The van der Waals surface area contributed by atoms with Crippen molar-refractivity contribution in [3.05, 3.63) is 18.0 Å². The molecule has 0 radical (unpaired) electrons. The second-order valence-electron chi connectivity index (χ2n) is 4.17. The summed E-state index contributed by atoms with van der Waals surface area (Å²) in [6.45, 7) is 5.47. The molecule has 90 valence electrons. The van der Waals surface area contributed by atoms with E-state index in [0.717, 1.165) is 19.7 Å². The third kappa shape index (κ3) is 2.11. The molecule has 1 aliphatic heterocycles. The number of aryl methyl sites for hydroxylation is 1. The van der Waals surface area contributed by atoms with Crippen LogP contribution in [0.3, 0.4) is 0 Å². The molecule has 2 heterocycles. The van der Waals surface area contributed by atoms with Crippen molar-refractivity contribution in [2.75, 3.05) is 26.2 Å². The number of likely N-dealkylation sites (N-methyl/N-ethyl adjacent to an activating group) is 1. The summed E-state index contributed by atoms with van der Waals surface area (Å²) < 4.78 is 7.56. The van der Waals surface area contributed by atoms with Gasteiger partial charge in [0.2, 0.25) is 0 Å². The number of aromatic nitrogens is 2. The fraction of sp³-hybridized carbons (Fsp3) is 0.727. The number of hydrogen-bond donors (Lipinski definition) is 1. The molecular formula is C11H20N4O. The van der Waals surface area contributed by atoms with Gasteiger partial charge in [0.25, 0.3) is 0 Å². The molecule has 2 unspecified atom stereocenters. The monoisotopic (exact) mass is 224 g/mol. The van der Waals surface area contributed by atoms with Crippen LogP contribution in [0.25, 0.3) is 0 Å². The summed E-state index contributed by atoms with van der Waals surface area (Å²) in [5, 5.41) is 4.22. The van der Waals surface area contributed by atoms with Crippen LogP contribution in [0.1, 0.15) is 18.5 Å². The lowest BCUT2D eigenvalue weighted by Crippen LogP contribution is -2.47. The third-order valence-electron chi connectivity index (χ3n) is 3.16. The van der Waals surface area contributed by atoms with Crippen LogP contribution in [0.2, 0.25) is 0 Å². The minimum absolute atomic E-state index is 0.0814. The molecule has 0 amide bonds. The van der Waals surface area contributed by atoms with Crippen LogP contribution in [-0.2, 0) is 11.8 Å². The minimum Gasteiger partial charge on any atom is -0.374 e. The second kappa shape index (κ2) is 4.95. The van der Waals surface area contributed by atoms with Gasteiger partial charge in [0.05, 0.1) is 24.9 Å². The number of hydrogen-bond acceptors (Lipinski definition) is 4. The van der Waals surface area contributed by atoms with Crippen molar-refractivity contribution in [3.8, 4) is 0 Å². The van der Waals surface area contributed by atoms with Crippen molar-refractivity contribution in [2.45, 2.75) is 19.1 Å². The summed E-state index contributed by atoms with van der Waals surface area (Å²) in [6.07, 6.45) is 4.04. The maximum Gasteiger partial charge on any atom is 0.0895 e. The van der Waals surface area contributed by atoms with E-state index in [4.69, 9.17) is 10.5 Å². The Kier molecular flexibility index (Phi) is 3.58. The maximum atomic E-state index is 5.78. The number of rotatable bonds is 3. The highest BCUT2D eigenvalue weighted by molar-refractivity contribution is 5.14. The Labute approximate surface area is 96.2 Å². The number of ether oxygens (including phenoxy) is 1. The third-order valence-corrected chi connectivity index (χ3v) is 3.16. The van der Waals surface area contributed by atoms with Crippen LogP contribution in [-0.4, -0.2) is 47.0 Å². The molecule has 2 rings (SSSR count). The molecule has 5 nitrogen and oxygen atoms in total. The average molecular weight is 224 g/mol. The molecule has 0 aliphatic carbocycles. The molecule has 2 N–H and O–H groups in total. The van der Waals surface area contributed by atoms with E-state index in [1.165, 1.54) is 5.56 Å². The summed E-state index contributed by atoms with van der Waals surface area (Å²) in [5.41, 5.74) is 6.97. The first-order chi connectivity index (χ1) is 7.76. The highest BCUT2D eigenvalue weighted by atomic mass is 16.5. The van der Waals surface area contributed by atoms with Gasteiger partial charge in [-0.25, -0.2) is 0 Å².